The standard InChI is InChI=1S/C13H22N6/c1-10-8-16-13(14)17-12(10)19-6-4-18(5-7-19)11-2-3-15-9-11/h8,11,15H,2-7,9H2,1H3,(H2,14,16,17)/t11-/m1/s1. The Kier molecular flexibility index (Phi) is 3.52. The predicted molar refractivity (Wildman–Crippen MR) is 76.2 cm³/mol. The van der Waals surface area contributed by atoms with Gasteiger partial charge >= 0.3 is 0 Å². The van der Waals surface area contributed by atoms with Crippen molar-refractivity contribution in [3.63, 3.8) is 0 Å². The lowest BCUT2D eigenvalue weighted by Gasteiger charge is -2.38. The summed E-state index contributed by atoms with van der Waals surface area (Å²) in [6.45, 7) is 8.60. The number of aryl methyl sites for hydroxylation is 1. The van der Waals surface area contributed by atoms with E-state index in [0.717, 1.165) is 56.7 Å². The van der Waals surface area contributed by atoms with Crippen molar-refractivity contribution < 1.29 is 0 Å². The fourth-order valence-electron chi connectivity index (χ4n) is 3.02. The van der Waals surface area contributed by atoms with Crippen LogP contribution in [-0.2, 0) is 0 Å². The third kappa shape index (κ3) is 2.64. The average Bonchev–Trinajstić information content (AvgIpc) is 2.96. The zero-order chi connectivity index (χ0) is 13.2. The number of nitrogens with two attached hydrogens (primary N) is 1. The molecule has 2 saturated heterocycles. The van der Waals surface area contributed by atoms with Crippen LogP contribution in [0.2, 0.25) is 0 Å². The number of rotatable bonds is 2. The Morgan fingerprint density at radius 2 is 2.11 bits per heavy atom. The molecule has 6 heteroatoms. The number of hydrogen-bond donors (Lipinski definition) is 2. The van der Waals surface area contributed by atoms with E-state index in [9.17, 15) is 0 Å². The van der Waals surface area contributed by atoms with Gasteiger partial charge in [0.15, 0.2) is 0 Å². The third-order valence-electron chi connectivity index (χ3n) is 4.13. The molecule has 1 aromatic rings. The molecule has 2 aliphatic heterocycles. The van der Waals surface area contributed by atoms with E-state index in [2.05, 4.69) is 25.1 Å². The van der Waals surface area contributed by atoms with Crippen LogP contribution in [0.25, 0.3) is 0 Å². The van der Waals surface area contributed by atoms with Crippen molar-refractivity contribution >= 4 is 11.8 Å². The molecular weight excluding hydrogens is 240 g/mol. The SMILES string of the molecule is Cc1cnc(N)nc1N1CCN([C@@H]2CCNC2)CC1. The second-order valence-corrected chi connectivity index (χ2v) is 5.40. The molecule has 0 radical (unpaired) electrons. The first-order chi connectivity index (χ1) is 9.24. The molecule has 3 N–H and O–H groups in total. The molecule has 1 atom stereocenters. The Morgan fingerprint density at radius 3 is 2.79 bits per heavy atom. The summed E-state index contributed by atoms with van der Waals surface area (Å²) in [5.41, 5.74) is 6.80. The average molecular weight is 262 g/mol. The lowest BCUT2D eigenvalue weighted by molar-refractivity contribution is 0.196. The lowest BCUT2D eigenvalue weighted by atomic mass is 10.2. The fourth-order valence-corrected chi connectivity index (χ4v) is 3.02. The topological polar surface area (TPSA) is 70.3 Å². The maximum absolute atomic E-state index is 5.69. The van der Waals surface area contributed by atoms with Crippen LogP contribution in [0.5, 0.6) is 0 Å². The number of aromatic nitrogens is 2. The van der Waals surface area contributed by atoms with Crippen LogP contribution in [0, 0.1) is 6.92 Å². The van der Waals surface area contributed by atoms with Crippen LogP contribution in [0.3, 0.4) is 0 Å². The molecule has 3 rings (SSSR count). The van der Waals surface area contributed by atoms with Gasteiger partial charge in [-0.25, -0.2) is 4.98 Å². The molecule has 0 aromatic carbocycles. The monoisotopic (exact) mass is 262 g/mol. The molecule has 0 amide bonds. The van der Waals surface area contributed by atoms with Gasteiger partial charge in [-0.1, -0.05) is 0 Å². The molecule has 104 valence electrons. The van der Waals surface area contributed by atoms with E-state index in [1.54, 1.807) is 0 Å². The third-order valence-corrected chi connectivity index (χ3v) is 4.13. The molecule has 19 heavy (non-hydrogen) atoms. The van der Waals surface area contributed by atoms with Crippen molar-refractivity contribution in [1.29, 1.82) is 0 Å². The molecule has 6 nitrogen and oxygen atoms in total. The lowest BCUT2D eigenvalue weighted by Crippen LogP contribution is -2.51. The highest BCUT2D eigenvalue weighted by atomic mass is 15.3. The summed E-state index contributed by atoms with van der Waals surface area (Å²) in [5.74, 6) is 1.36. The van der Waals surface area contributed by atoms with Gasteiger partial charge in [-0.15, -0.1) is 0 Å². The van der Waals surface area contributed by atoms with Crippen molar-refractivity contribution in [2.75, 3.05) is 49.9 Å². The minimum atomic E-state index is 0.364. The van der Waals surface area contributed by atoms with Crippen LogP contribution in [0.4, 0.5) is 11.8 Å². The van der Waals surface area contributed by atoms with Crippen LogP contribution in [0.15, 0.2) is 6.20 Å². The largest absolute Gasteiger partial charge is 0.368 e. The van der Waals surface area contributed by atoms with Gasteiger partial charge in [0, 0.05) is 50.5 Å². The molecule has 2 aliphatic rings. The molecular formula is C13H22N6. The van der Waals surface area contributed by atoms with Crippen LogP contribution in [0.1, 0.15) is 12.0 Å². The summed E-state index contributed by atoms with van der Waals surface area (Å²) < 4.78 is 0. The summed E-state index contributed by atoms with van der Waals surface area (Å²) in [5, 5.41) is 3.44. The second kappa shape index (κ2) is 5.30. The maximum atomic E-state index is 5.69. The van der Waals surface area contributed by atoms with Gasteiger partial charge in [0.05, 0.1) is 0 Å². The molecule has 0 unspecified atom stereocenters. The second-order valence-electron chi connectivity index (χ2n) is 5.40. The zero-order valence-electron chi connectivity index (χ0n) is 11.5. The van der Waals surface area contributed by atoms with Crippen LogP contribution >= 0.6 is 0 Å². The number of anilines is 2. The molecule has 1 aromatic heterocycles. The predicted octanol–water partition coefficient (Wildman–Crippen LogP) is -0.149. The van der Waals surface area contributed by atoms with Crippen LogP contribution < -0.4 is 16.0 Å². The van der Waals surface area contributed by atoms with E-state index in [0.29, 0.717) is 5.95 Å². The Labute approximate surface area is 114 Å². The highest BCUT2D eigenvalue weighted by Crippen LogP contribution is 2.20. The van der Waals surface area contributed by atoms with E-state index < -0.39 is 0 Å². The van der Waals surface area contributed by atoms with Gasteiger partial charge in [0.2, 0.25) is 5.95 Å². The van der Waals surface area contributed by atoms with E-state index in [-0.39, 0.29) is 0 Å². The highest BCUT2D eigenvalue weighted by Gasteiger charge is 2.26. The number of nitrogens with one attached hydrogen (secondary N) is 1. The molecule has 0 bridgehead atoms. The molecule has 0 aliphatic carbocycles. The van der Waals surface area contributed by atoms with Gasteiger partial charge in [-0.2, -0.15) is 4.98 Å². The quantitative estimate of drug-likeness (QED) is 0.772. The highest BCUT2D eigenvalue weighted by molar-refractivity contribution is 5.48. The maximum Gasteiger partial charge on any atom is 0.221 e. The summed E-state index contributed by atoms with van der Waals surface area (Å²) >= 11 is 0. The summed E-state index contributed by atoms with van der Waals surface area (Å²) in [6.07, 6.45) is 3.09. The first-order valence-electron chi connectivity index (χ1n) is 7.03. The number of piperazine rings is 1. The Bertz CT molecular complexity index is 435. The van der Waals surface area contributed by atoms with Crippen LogP contribution in [-0.4, -0.2) is 60.2 Å². The first-order valence-corrected chi connectivity index (χ1v) is 7.03. The van der Waals surface area contributed by atoms with E-state index in [4.69, 9.17) is 5.73 Å². The van der Waals surface area contributed by atoms with Gasteiger partial charge in [0.1, 0.15) is 5.82 Å². The minimum Gasteiger partial charge on any atom is -0.368 e. The fraction of sp³-hybridized carbons (Fsp3) is 0.692. The molecule has 0 spiro atoms. The van der Waals surface area contributed by atoms with E-state index in [1.807, 2.05) is 13.1 Å². The number of nitrogens with zero attached hydrogens (tertiary/aromatic N) is 4. The summed E-state index contributed by atoms with van der Waals surface area (Å²) in [4.78, 5) is 13.3. The summed E-state index contributed by atoms with van der Waals surface area (Å²) in [7, 11) is 0. The Balaban J connectivity index is 1.64. The first kappa shape index (κ1) is 12.6. The van der Waals surface area contributed by atoms with Crippen molar-refractivity contribution in [2.24, 2.45) is 0 Å². The summed E-state index contributed by atoms with van der Waals surface area (Å²) in [6, 6.07) is 0.721. The van der Waals surface area contributed by atoms with Gasteiger partial charge < -0.3 is 16.0 Å². The molecule has 0 saturated carbocycles. The van der Waals surface area contributed by atoms with E-state index in [1.165, 1.54) is 6.42 Å². The van der Waals surface area contributed by atoms with Gasteiger partial charge in [-0.05, 0) is 19.9 Å². The molecule has 3 heterocycles. The van der Waals surface area contributed by atoms with Gasteiger partial charge in [0.25, 0.3) is 0 Å². The van der Waals surface area contributed by atoms with Crippen molar-refractivity contribution in [3.8, 4) is 0 Å². The normalized spacial score (nSPS) is 24.9. The van der Waals surface area contributed by atoms with E-state index >= 15 is 0 Å². The number of hydrogen-bond acceptors (Lipinski definition) is 6. The Hall–Kier alpha value is -1.40. The molecule has 2 fully saturated rings. The van der Waals surface area contributed by atoms with Crippen molar-refractivity contribution in [3.05, 3.63) is 11.8 Å². The van der Waals surface area contributed by atoms with Crippen molar-refractivity contribution in [2.45, 2.75) is 19.4 Å². The van der Waals surface area contributed by atoms with Gasteiger partial charge in [-0.3, -0.25) is 4.90 Å². The Morgan fingerprint density at radius 1 is 1.32 bits per heavy atom. The smallest absolute Gasteiger partial charge is 0.221 e. The van der Waals surface area contributed by atoms with Crippen molar-refractivity contribution in [1.82, 2.24) is 20.2 Å². The minimum absolute atomic E-state index is 0.364. The zero-order valence-corrected chi connectivity index (χ0v) is 11.5. The number of nitrogen functional groups attached to an aromatic ring is 1.